The Morgan fingerprint density at radius 1 is 1.12 bits per heavy atom. The Morgan fingerprint density at radius 2 is 1.88 bits per heavy atom. The molecule has 1 saturated heterocycles. The van der Waals surface area contributed by atoms with Gasteiger partial charge in [-0.25, -0.2) is 0 Å². The van der Waals surface area contributed by atoms with Crippen molar-refractivity contribution < 1.29 is 18.0 Å². The normalized spacial score (nSPS) is 23.2. The van der Waals surface area contributed by atoms with Crippen molar-refractivity contribution in [1.29, 1.82) is 0 Å². The zero-order chi connectivity index (χ0) is 22.6. The summed E-state index contributed by atoms with van der Waals surface area (Å²) >= 11 is 0. The highest BCUT2D eigenvalue weighted by molar-refractivity contribution is 5.94. The van der Waals surface area contributed by atoms with Gasteiger partial charge in [-0.2, -0.15) is 13.2 Å². The Balaban J connectivity index is 1.30. The first-order chi connectivity index (χ1) is 15.2. The number of aromatic nitrogens is 1. The minimum Gasteiger partial charge on any atom is -0.352 e. The molecule has 1 aliphatic carbocycles. The van der Waals surface area contributed by atoms with Gasteiger partial charge in [-0.1, -0.05) is 12.1 Å². The molecule has 0 saturated carbocycles. The molecule has 3 aromatic rings. The maximum Gasteiger partial charge on any atom is 0.416 e. The third-order valence-electron chi connectivity index (χ3n) is 7.14. The van der Waals surface area contributed by atoms with Crippen molar-refractivity contribution in [3.05, 3.63) is 70.9 Å². The van der Waals surface area contributed by atoms with Crippen molar-refractivity contribution in [3.8, 4) is 0 Å². The molecule has 7 heteroatoms. The van der Waals surface area contributed by atoms with Gasteiger partial charge >= 0.3 is 6.18 Å². The van der Waals surface area contributed by atoms with Crippen LogP contribution >= 0.6 is 0 Å². The zero-order valence-corrected chi connectivity index (χ0v) is 18.1. The Morgan fingerprint density at radius 3 is 2.59 bits per heavy atom. The summed E-state index contributed by atoms with van der Waals surface area (Å²) in [6.07, 6.45) is -0.149. The first-order valence-electron chi connectivity index (χ1n) is 10.9. The van der Waals surface area contributed by atoms with E-state index in [1.165, 1.54) is 34.2 Å². The Labute approximate surface area is 185 Å². The number of halogens is 3. The first kappa shape index (κ1) is 21.1. The van der Waals surface area contributed by atoms with E-state index in [2.05, 4.69) is 53.3 Å². The summed E-state index contributed by atoms with van der Waals surface area (Å²) in [4.78, 5) is 14.9. The Hall–Kier alpha value is -2.80. The molecule has 32 heavy (non-hydrogen) atoms. The quantitative estimate of drug-likeness (QED) is 0.646. The van der Waals surface area contributed by atoms with E-state index in [1.54, 1.807) is 0 Å². The number of likely N-dealkylation sites (N-methyl/N-ethyl adjacent to an activating group) is 1. The number of carbonyl (C=O) groups is 1. The van der Waals surface area contributed by atoms with Gasteiger partial charge in [0.2, 0.25) is 0 Å². The van der Waals surface area contributed by atoms with E-state index in [0.29, 0.717) is 18.5 Å². The van der Waals surface area contributed by atoms with Crippen molar-refractivity contribution in [1.82, 2.24) is 14.8 Å². The number of carbonyl (C=O) groups excluding carboxylic acids is 1. The third kappa shape index (κ3) is 3.58. The van der Waals surface area contributed by atoms with Crippen LogP contribution in [-0.4, -0.2) is 41.6 Å². The second-order valence-corrected chi connectivity index (χ2v) is 9.21. The number of nitrogens with one attached hydrogen (secondary N) is 1. The molecule has 4 nitrogen and oxygen atoms in total. The fraction of sp³-hybridized carbons (Fsp3) is 0.400. The molecule has 0 radical (unpaired) electrons. The van der Waals surface area contributed by atoms with Gasteiger partial charge in [-0.05, 0) is 67.3 Å². The SMILES string of the molecule is CN1C[C@H](CNC(=O)c2ccc(C(F)(F)F)cc2)C[C@@H]2c3cccc4c3c(cn4C)C[C@H]21. The minimum absolute atomic E-state index is 0.247. The van der Waals surface area contributed by atoms with Gasteiger partial charge in [0.05, 0.1) is 5.56 Å². The maximum absolute atomic E-state index is 12.8. The second kappa shape index (κ2) is 7.66. The lowest BCUT2D eigenvalue weighted by molar-refractivity contribution is -0.137. The van der Waals surface area contributed by atoms with E-state index < -0.39 is 11.7 Å². The summed E-state index contributed by atoms with van der Waals surface area (Å²) < 4.78 is 40.5. The zero-order valence-electron chi connectivity index (χ0n) is 18.1. The van der Waals surface area contributed by atoms with Crippen LogP contribution in [0, 0.1) is 5.92 Å². The molecule has 1 N–H and O–H groups in total. The molecule has 1 aliphatic heterocycles. The number of piperidine rings is 1. The van der Waals surface area contributed by atoms with Gasteiger partial charge in [-0.15, -0.1) is 0 Å². The molecule has 0 spiro atoms. The number of hydrogen-bond donors (Lipinski definition) is 1. The predicted molar refractivity (Wildman–Crippen MR) is 118 cm³/mol. The molecule has 0 unspecified atom stereocenters. The van der Waals surface area contributed by atoms with E-state index in [-0.39, 0.29) is 17.4 Å². The van der Waals surface area contributed by atoms with E-state index >= 15 is 0 Å². The molecular weight excluding hydrogens is 415 g/mol. The topological polar surface area (TPSA) is 37.3 Å². The monoisotopic (exact) mass is 441 g/mol. The van der Waals surface area contributed by atoms with Crippen LogP contribution < -0.4 is 5.32 Å². The van der Waals surface area contributed by atoms with Crippen LogP contribution in [0.3, 0.4) is 0 Å². The van der Waals surface area contributed by atoms with Crippen molar-refractivity contribution in [2.24, 2.45) is 13.0 Å². The molecule has 1 fully saturated rings. The number of amides is 1. The van der Waals surface area contributed by atoms with Crippen LogP contribution in [0.15, 0.2) is 48.7 Å². The van der Waals surface area contributed by atoms with Gasteiger partial charge in [0.1, 0.15) is 0 Å². The lowest BCUT2D eigenvalue weighted by Gasteiger charge is -2.45. The van der Waals surface area contributed by atoms with E-state index in [0.717, 1.165) is 31.5 Å². The smallest absolute Gasteiger partial charge is 0.352 e. The average Bonchev–Trinajstić information content (AvgIpc) is 3.09. The van der Waals surface area contributed by atoms with Crippen LogP contribution in [0.1, 0.15) is 39.4 Å². The lowest BCUT2D eigenvalue weighted by atomic mass is 9.72. The molecule has 5 rings (SSSR count). The largest absolute Gasteiger partial charge is 0.416 e. The van der Waals surface area contributed by atoms with Crippen LogP contribution in [0.2, 0.25) is 0 Å². The van der Waals surface area contributed by atoms with Gasteiger partial charge in [0, 0.05) is 54.8 Å². The number of hydrogen-bond acceptors (Lipinski definition) is 2. The highest BCUT2D eigenvalue weighted by Gasteiger charge is 2.39. The second-order valence-electron chi connectivity index (χ2n) is 9.21. The Kier molecular flexibility index (Phi) is 5.04. The van der Waals surface area contributed by atoms with E-state index in [9.17, 15) is 18.0 Å². The number of benzene rings is 2. The molecule has 1 aromatic heterocycles. The van der Waals surface area contributed by atoms with Crippen LogP contribution in [0.4, 0.5) is 13.2 Å². The molecule has 2 aromatic carbocycles. The summed E-state index contributed by atoms with van der Waals surface area (Å²) in [6, 6.07) is 11.3. The van der Waals surface area contributed by atoms with Crippen molar-refractivity contribution in [3.63, 3.8) is 0 Å². The number of likely N-dealkylation sites (tertiary alicyclic amines) is 1. The average molecular weight is 441 g/mol. The number of nitrogens with zero attached hydrogens (tertiary/aromatic N) is 2. The molecule has 3 atom stereocenters. The molecule has 0 bridgehead atoms. The number of aryl methyl sites for hydroxylation is 1. The van der Waals surface area contributed by atoms with Crippen molar-refractivity contribution in [2.45, 2.75) is 31.0 Å². The van der Waals surface area contributed by atoms with Crippen LogP contribution in [0.5, 0.6) is 0 Å². The van der Waals surface area contributed by atoms with Gasteiger partial charge in [0.25, 0.3) is 5.91 Å². The standard InChI is InChI=1S/C25H26F3N3O/c1-30-13-15(12-29-24(32)16-6-8-18(9-7-16)25(26,27)28)10-20-19-4-3-5-21-23(19)17(11-22(20)30)14-31(21)2/h3-9,14-15,20,22H,10-13H2,1-2H3,(H,29,32)/t15-,20+,22+/m0/s1. The summed E-state index contributed by atoms with van der Waals surface area (Å²) in [7, 11) is 4.24. The number of rotatable bonds is 3. The maximum atomic E-state index is 12.8. The lowest BCUT2D eigenvalue weighted by Crippen LogP contribution is -2.50. The predicted octanol–water partition coefficient (Wildman–Crippen LogP) is 4.59. The fourth-order valence-electron chi connectivity index (χ4n) is 5.63. The van der Waals surface area contributed by atoms with Gasteiger partial charge < -0.3 is 14.8 Å². The summed E-state index contributed by atoms with van der Waals surface area (Å²) in [6.45, 7) is 1.39. The fourth-order valence-corrected chi connectivity index (χ4v) is 5.63. The highest BCUT2D eigenvalue weighted by Crippen LogP contribution is 2.44. The van der Waals surface area contributed by atoms with Gasteiger partial charge in [0.15, 0.2) is 0 Å². The molecule has 1 amide bonds. The van der Waals surface area contributed by atoms with Crippen LogP contribution in [-0.2, 0) is 19.6 Å². The number of alkyl halides is 3. The molecule has 2 heterocycles. The Bertz CT molecular complexity index is 1170. The molecule has 2 aliphatic rings. The summed E-state index contributed by atoms with van der Waals surface area (Å²) in [5, 5.41) is 4.31. The first-order valence-corrected chi connectivity index (χ1v) is 10.9. The van der Waals surface area contributed by atoms with E-state index in [4.69, 9.17) is 0 Å². The van der Waals surface area contributed by atoms with E-state index in [1.807, 2.05) is 0 Å². The molecule has 168 valence electrons. The molecular formula is C25H26F3N3O. The van der Waals surface area contributed by atoms with Crippen molar-refractivity contribution >= 4 is 16.8 Å². The van der Waals surface area contributed by atoms with Gasteiger partial charge in [-0.3, -0.25) is 4.79 Å². The minimum atomic E-state index is -4.40. The summed E-state index contributed by atoms with van der Waals surface area (Å²) in [5.74, 6) is 0.347. The highest BCUT2D eigenvalue weighted by atomic mass is 19.4. The third-order valence-corrected chi connectivity index (χ3v) is 7.14. The van der Waals surface area contributed by atoms with Crippen molar-refractivity contribution in [2.75, 3.05) is 20.1 Å². The number of fused-ring (bicyclic) bond motifs is 2. The van der Waals surface area contributed by atoms with Crippen LogP contribution in [0.25, 0.3) is 10.9 Å². The summed E-state index contributed by atoms with van der Waals surface area (Å²) in [5.41, 5.74) is 3.55.